The van der Waals surface area contributed by atoms with E-state index in [-0.39, 0.29) is 11.7 Å². The number of nitrogens with one attached hydrogen (secondary N) is 1. The topological polar surface area (TPSA) is 68.1 Å². The van der Waals surface area contributed by atoms with Crippen LogP contribution in [0.4, 0.5) is 0 Å². The number of aromatic amines is 1. The Morgan fingerprint density at radius 1 is 1.24 bits per heavy atom. The van der Waals surface area contributed by atoms with Crippen LogP contribution in [0.2, 0.25) is 0 Å². The van der Waals surface area contributed by atoms with E-state index in [9.17, 15) is 4.79 Å². The molecule has 1 aliphatic carbocycles. The second-order valence-electron chi connectivity index (χ2n) is 6.74. The van der Waals surface area contributed by atoms with Crippen molar-refractivity contribution in [3.05, 3.63) is 40.3 Å². The van der Waals surface area contributed by atoms with Crippen LogP contribution in [0.1, 0.15) is 58.4 Å². The highest BCUT2D eigenvalue weighted by Gasteiger charge is 2.26. The van der Waals surface area contributed by atoms with E-state index >= 15 is 0 Å². The van der Waals surface area contributed by atoms with Gasteiger partial charge in [0.05, 0.1) is 6.10 Å². The highest BCUT2D eigenvalue weighted by atomic mass is 16.5. The summed E-state index contributed by atoms with van der Waals surface area (Å²) in [4.78, 5) is 14.6. The van der Waals surface area contributed by atoms with Crippen LogP contribution in [0.15, 0.2) is 29.2 Å². The van der Waals surface area contributed by atoms with Crippen LogP contribution in [0.25, 0.3) is 10.8 Å². The monoisotopic (exact) mass is 344 g/mol. The van der Waals surface area contributed by atoms with Crippen LogP contribution >= 0.6 is 0 Å². The lowest BCUT2D eigenvalue weighted by atomic mass is 9.82. The third kappa shape index (κ3) is 4.63. The van der Waals surface area contributed by atoms with E-state index in [0.717, 1.165) is 54.2 Å². The summed E-state index contributed by atoms with van der Waals surface area (Å²) in [7, 11) is 0. The first kappa shape index (κ1) is 19.5. The first-order chi connectivity index (χ1) is 12.1. The molecule has 1 unspecified atom stereocenters. The van der Waals surface area contributed by atoms with Gasteiger partial charge in [0.1, 0.15) is 5.75 Å². The Morgan fingerprint density at radius 2 is 1.92 bits per heavy atom. The molecule has 2 aromatic rings. The van der Waals surface area contributed by atoms with Crippen molar-refractivity contribution in [3.8, 4) is 5.75 Å². The molecule has 138 valence electrons. The number of rotatable bonds is 4. The maximum Gasteiger partial charge on any atom is 0.255 e. The number of hydrogen-bond acceptors (Lipinski definition) is 3. The average molecular weight is 344 g/mol. The fourth-order valence-corrected chi connectivity index (χ4v) is 3.60. The van der Waals surface area contributed by atoms with Crippen LogP contribution in [0.3, 0.4) is 0 Å². The smallest absolute Gasteiger partial charge is 0.255 e. The van der Waals surface area contributed by atoms with E-state index in [1.165, 1.54) is 0 Å². The summed E-state index contributed by atoms with van der Waals surface area (Å²) in [6.45, 7) is 8.16. The number of hydrogen-bond donors (Lipinski definition) is 2. The standard InChI is InChI=1S/C19H26N2O2.C2H6/c1-3-17(20)13-4-6-15(7-5-13)23-18-11-14-8-9-21-19(22)16(14)10-12(18)2;1-2/h8-11,13,15,17H,3-7,20H2,1-2H3,(H,21,22);1-2H3. The van der Waals surface area contributed by atoms with Gasteiger partial charge in [0.25, 0.3) is 5.56 Å². The van der Waals surface area contributed by atoms with Crippen molar-refractivity contribution in [2.75, 3.05) is 0 Å². The van der Waals surface area contributed by atoms with Crippen molar-refractivity contribution in [1.82, 2.24) is 4.98 Å². The number of nitrogens with two attached hydrogens (primary N) is 1. The Hall–Kier alpha value is -1.81. The third-order valence-electron chi connectivity index (χ3n) is 5.16. The lowest BCUT2D eigenvalue weighted by molar-refractivity contribution is 0.122. The van der Waals surface area contributed by atoms with E-state index in [1.54, 1.807) is 6.20 Å². The fourth-order valence-electron chi connectivity index (χ4n) is 3.60. The van der Waals surface area contributed by atoms with Crippen LogP contribution in [0.5, 0.6) is 5.75 Å². The number of fused-ring (bicyclic) bond motifs is 1. The average Bonchev–Trinajstić information content (AvgIpc) is 2.65. The molecule has 1 aromatic carbocycles. The van der Waals surface area contributed by atoms with Gasteiger partial charge in [-0.2, -0.15) is 0 Å². The molecule has 1 atom stereocenters. The lowest BCUT2D eigenvalue weighted by Crippen LogP contribution is -2.35. The molecule has 0 bridgehead atoms. The summed E-state index contributed by atoms with van der Waals surface area (Å²) < 4.78 is 6.24. The zero-order valence-corrected chi connectivity index (χ0v) is 16.0. The highest BCUT2D eigenvalue weighted by molar-refractivity contribution is 5.83. The number of aromatic nitrogens is 1. The van der Waals surface area contributed by atoms with E-state index < -0.39 is 0 Å². The Balaban J connectivity index is 0.00000109. The van der Waals surface area contributed by atoms with Gasteiger partial charge in [0, 0.05) is 17.6 Å². The Morgan fingerprint density at radius 3 is 2.56 bits per heavy atom. The van der Waals surface area contributed by atoms with Crippen LogP contribution in [0, 0.1) is 12.8 Å². The Bertz CT molecular complexity index is 730. The van der Waals surface area contributed by atoms with Crippen molar-refractivity contribution in [1.29, 1.82) is 0 Å². The summed E-state index contributed by atoms with van der Waals surface area (Å²) in [6, 6.07) is 6.15. The molecule has 4 nitrogen and oxygen atoms in total. The molecule has 1 heterocycles. The first-order valence-corrected chi connectivity index (χ1v) is 9.62. The van der Waals surface area contributed by atoms with Gasteiger partial charge in [-0.15, -0.1) is 0 Å². The molecule has 1 aliphatic rings. The van der Waals surface area contributed by atoms with E-state index in [2.05, 4.69) is 11.9 Å². The van der Waals surface area contributed by atoms with Crippen LogP contribution in [-0.2, 0) is 0 Å². The molecule has 0 amide bonds. The van der Waals surface area contributed by atoms with Crippen molar-refractivity contribution in [2.45, 2.75) is 71.9 Å². The summed E-state index contributed by atoms with van der Waals surface area (Å²) in [5.41, 5.74) is 7.14. The molecule has 1 saturated carbocycles. The predicted octanol–water partition coefficient (Wildman–Crippen LogP) is 4.54. The second-order valence-corrected chi connectivity index (χ2v) is 6.74. The molecule has 0 saturated heterocycles. The van der Waals surface area contributed by atoms with Crippen LogP contribution in [-0.4, -0.2) is 17.1 Å². The molecule has 3 N–H and O–H groups in total. The van der Waals surface area contributed by atoms with Crippen molar-refractivity contribution >= 4 is 10.8 Å². The molecule has 0 spiro atoms. The maximum atomic E-state index is 11.9. The molecule has 0 radical (unpaired) electrons. The lowest BCUT2D eigenvalue weighted by Gasteiger charge is -2.32. The zero-order chi connectivity index (χ0) is 18.4. The molecule has 1 fully saturated rings. The SMILES string of the molecule is CC.CCC(N)C1CCC(Oc2cc3cc[nH]c(=O)c3cc2C)CC1. The fraction of sp³-hybridized carbons (Fsp3) is 0.571. The van der Waals surface area contributed by atoms with Crippen molar-refractivity contribution in [2.24, 2.45) is 11.7 Å². The third-order valence-corrected chi connectivity index (χ3v) is 5.16. The second kappa shape index (κ2) is 9.04. The first-order valence-electron chi connectivity index (χ1n) is 9.62. The molecular formula is C21H32N2O2. The summed E-state index contributed by atoms with van der Waals surface area (Å²) in [5.74, 6) is 1.53. The van der Waals surface area contributed by atoms with Gasteiger partial charge in [-0.05, 0) is 74.1 Å². The quantitative estimate of drug-likeness (QED) is 0.856. The Labute approximate surface area is 150 Å². The number of ether oxygens (including phenoxy) is 1. The highest BCUT2D eigenvalue weighted by Crippen LogP contribution is 2.32. The normalized spacial score (nSPS) is 21.3. The minimum Gasteiger partial charge on any atom is -0.490 e. The molecule has 3 rings (SSSR count). The minimum absolute atomic E-state index is 0.0498. The number of H-pyrrole nitrogens is 1. The van der Waals surface area contributed by atoms with E-state index in [1.807, 2.05) is 39.0 Å². The maximum absolute atomic E-state index is 11.9. The van der Waals surface area contributed by atoms with E-state index in [0.29, 0.717) is 12.0 Å². The largest absolute Gasteiger partial charge is 0.490 e. The van der Waals surface area contributed by atoms with Gasteiger partial charge in [0.2, 0.25) is 0 Å². The van der Waals surface area contributed by atoms with Gasteiger partial charge in [0.15, 0.2) is 0 Å². The van der Waals surface area contributed by atoms with Gasteiger partial charge in [-0.3, -0.25) is 4.79 Å². The predicted molar refractivity (Wildman–Crippen MR) is 105 cm³/mol. The summed E-state index contributed by atoms with van der Waals surface area (Å²) in [5, 5.41) is 1.64. The van der Waals surface area contributed by atoms with Gasteiger partial charge >= 0.3 is 0 Å². The van der Waals surface area contributed by atoms with Crippen LogP contribution < -0.4 is 16.0 Å². The number of pyridine rings is 1. The molecule has 1 aromatic heterocycles. The van der Waals surface area contributed by atoms with Gasteiger partial charge in [-0.1, -0.05) is 20.8 Å². The number of aryl methyl sites for hydroxylation is 1. The van der Waals surface area contributed by atoms with Gasteiger partial charge < -0.3 is 15.5 Å². The van der Waals surface area contributed by atoms with Crippen molar-refractivity contribution in [3.63, 3.8) is 0 Å². The molecule has 25 heavy (non-hydrogen) atoms. The minimum atomic E-state index is -0.0498. The summed E-state index contributed by atoms with van der Waals surface area (Å²) in [6.07, 6.45) is 7.40. The van der Waals surface area contributed by atoms with E-state index in [4.69, 9.17) is 10.5 Å². The van der Waals surface area contributed by atoms with Gasteiger partial charge in [-0.25, -0.2) is 0 Å². The number of benzene rings is 1. The molecular weight excluding hydrogens is 312 g/mol. The molecule has 4 heteroatoms. The molecule has 0 aliphatic heterocycles. The zero-order valence-electron chi connectivity index (χ0n) is 16.0. The summed E-state index contributed by atoms with van der Waals surface area (Å²) >= 11 is 0. The van der Waals surface area contributed by atoms with Crippen molar-refractivity contribution < 1.29 is 4.74 Å². The Kier molecular flexibility index (Phi) is 7.06.